The number of likely N-dealkylation sites (tertiary alicyclic amines) is 1. The van der Waals surface area contributed by atoms with Gasteiger partial charge in [-0.3, -0.25) is 14.5 Å². The van der Waals surface area contributed by atoms with Crippen LogP contribution in [0.3, 0.4) is 0 Å². The van der Waals surface area contributed by atoms with E-state index in [1.807, 2.05) is 25.7 Å². The SMILES string of the molecule is CC(C)(C)C(=O)CN1CC[C@@H](C(N)=O)C1. The Kier molecular flexibility index (Phi) is 3.50. The molecule has 0 spiro atoms. The zero-order valence-corrected chi connectivity index (χ0v) is 9.75. The summed E-state index contributed by atoms with van der Waals surface area (Å²) in [6.45, 7) is 7.62. The van der Waals surface area contributed by atoms with Gasteiger partial charge in [0.25, 0.3) is 0 Å². The zero-order valence-electron chi connectivity index (χ0n) is 9.75. The summed E-state index contributed by atoms with van der Waals surface area (Å²) in [6.07, 6.45) is 0.784. The summed E-state index contributed by atoms with van der Waals surface area (Å²) in [4.78, 5) is 24.7. The van der Waals surface area contributed by atoms with Crippen molar-refractivity contribution in [3.63, 3.8) is 0 Å². The average molecular weight is 212 g/mol. The number of amides is 1. The first-order chi connectivity index (χ1) is 6.80. The maximum atomic E-state index is 11.7. The first-order valence-electron chi connectivity index (χ1n) is 5.35. The fourth-order valence-electron chi connectivity index (χ4n) is 1.65. The number of carbonyl (C=O) groups excluding carboxylic acids is 2. The fourth-order valence-corrected chi connectivity index (χ4v) is 1.65. The van der Waals surface area contributed by atoms with Crippen molar-refractivity contribution < 1.29 is 9.59 Å². The van der Waals surface area contributed by atoms with Gasteiger partial charge in [0.05, 0.1) is 12.5 Å². The van der Waals surface area contributed by atoms with Crippen LogP contribution in [0.2, 0.25) is 0 Å². The third-order valence-corrected chi connectivity index (χ3v) is 2.88. The maximum absolute atomic E-state index is 11.7. The van der Waals surface area contributed by atoms with E-state index < -0.39 is 0 Å². The number of ketones is 1. The molecule has 0 aromatic rings. The smallest absolute Gasteiger partial charge is 0.221 e. The van der Waals surface area contributed by atoms with Crippen LogP contribution in [0.15, 0.2) is 0 Å². The van der Waals surface area contributed by atoms with Gasteiger partial charge in [0.15, 0.2) is 5.78 Å². The van der Waals surface area contributed by atoms with E-state index in [0.29, 0.717) is 13.1 Å². The molecule has 1 aliphatic heterocycles. The number of primary amides is 1. The minimum Gasteiger partial charge on any atom is -0.369 e. The lowest BCUT2D eigenvalue weighted by Gasteiger charge is -2.21. The number of hydrogen-bond donors (Lipinski definition) is 1. The van der Waals surface area contributed by atoms with E-state index >= 15 is 0 Å². The van der Waals surface area contributed by atoms with E-state index in [1.165, 1.54) is 0 Å². The van der Waals surface area contributed by atoms with Gasteiger partial charge in [0.2, 0.25) is 5.91 Å². The lowest BCUT2D eigenvalue weighted by molar-refractivity contribution is -0.127. The Morgan fingerprint density at radius 2 is 2.00 bits per heavy atom. The molecule has 1 saturated heterocycles. The maximum Gasteiger partial charge on any atom is 0.221 e. The molecule has 0 aliphatic carbocycles. The van der Waals surface area contributed by atoms with Crippen LogP contribution in [-0.2, 0) is 9.59 Å². The van der Waals surface area contributed by atoms with E-state index in [1.54, 1.807) is 0 Å². The zero-order chi connectivity index (χ0) is 11.6. The Bertz CT molecular complexity index is 268. The molecule has 15 heavy (non-hydrogen) atoms. The van der Waals surface area contributed by atoms with Crippen LogP contribution in [0.1, 0.15) is 27.2 Å². The third kappa shape index (κ3) is 3.30. The van der Waals surface area contributed by atoms with Gasteiger partial charge in [0.1, 0.15) is 0 Å². The summed E-state index contributed by atoms with van der Waals surface area (Å²) in [5, 5.41) is 0. The molecule has 4 nitrogen and oxygen atoms in total. The monoisotopic (exact) mass is 212 g/mol. The summed E-state index contributed by atoms with van der Waals surface area (Å²) in [6, 6.07) is 0. The van der Waals surface area contributed by atoms with Crippen LogP contribution in [0.4, 0.5) is 0 Å². The second kappa shape index (κ2) is 4.31. The van der Waals surface area contributed by atoms with Gasteiger partial charge in [0, 0.05) is 12.0 Å². The third-order valence-electron chi connectivity index (χ3n) is 2.88. The predicted molar refractivity (Wildman–Crippen MR) is 58.2 cm³/mol. The van der Waals surface area contributed by atoms with E-state index in [-0.39, 0.29) is 23.0 Å². The molecule has 1 fully saturated rings. The second-order valence-electron chi connectivity index (χ2n) is 5.30. The lowest BCUT2D eigenvalue weighted by atomic mass is 9.90. The normalized spacial score (nSPS) is 23.0. The van der Waals surface area contributed by atoms with Gasteiger partial charge in [-0.2, -0.15) is 0 Å². The number of carbonyl (C=O) groups is 2. The van der Waals surface area contributed by atoms with E-state index in [0.717, 1.165) is 13.0 Å². The predicted octanol–water partition coefficient (Wildman–Crippen LogP) is 0.409. The van der Waals surface area contributed by atoms with Crippen LogP contribution >= 0.6 is 0 Å². The summed E-state index contributed by atoms with van der Waals surface area (Å²) in [5.41, 5.74) is 4.93. The Morgan fingerprint density at radius 3 is 2.40 bits per heavy atom. The minimum atomic E-state index is -0.301. The molecular formula is C11H20N2O2. The summed E-state index contributed by atoms with van der Waals surface area (Å²) < 4.78 is 0. The molecule has 2 N–H and O–H groups in total. The molecule has 1 atom stereocenters. The van der Waals surface area contributed by atoms with Crippen LogP contribution in [0.5, 0.6) is 0 Å². The first kappa shape index (κ1) is 12.2. The number of hydrogen-bond acceptors (Lipinski definition) is 3. The molecule has 1 heterocycles. The largest absolute Gasteiger partial charge is 0.369 e. The van der Waals surface area contributed by atoms with Gasteiger partial charge in [-0.1, -0.05) is 20.8 Å². The molecular weight excluding hydrogens is 192 g/mol. The topological polar surface area (TPSA) is 63.4 Å². The van der Waals surface area contributed by atoms with Crippen molar-refractivity contribution >= 4 is 11.7 Å². The first-order valence-corrected chi connectivity index (χ1v) is 5.35. The van der Waals surface area contributed by atoms with Crippen molar-refractivity contribution in [3.8, 4) is 0 Å². The van der Waals surface area contributed by atoms with Crippen molar-refractivity contribution in [1.29, 1.82) is 0 Å². The molecule has 1 aliphatic rings. The highest BCUT2D eigenvalue weighted by Gasteiger charge is 2.30. The number of Topliss-reactive ketones (excluding diaryl/α,β-unsaturated/α-hetero) is 1. The van der Waals surface area contributed by atoms with E-state index in [9.17, 15) is 9.59 Å². The number of nitrogens with zero attached hydrogens (tertiary/aromatic N) is 1. The molecule has 0 bridgehead atoms. The number of rotatable bonds is 3. The van der Waals surface area contributed by atoms with Crippen LogP contribution in [-0.4, -0.2) is 36.2 Å². The summed E-state index contributed by atoms with van der Waals surface area (Å²) >= 11 is 0. The van der Waals surface area contributed by atoms with Gasteiger partial charge >= 0.3 is 0 Å². The Hall–Kier alpha value is -0.900. The molecule has 4 heteroatoms. The second-order valence-corrected chi connectivity index (χ2v) is 5.30. The highest BCUT2D eigenvalue weighted by molar-refractivity contribution is 5.85. The summed E-state index contributed by atoms with van der Waals surface area (Å²) in [5.74, 6) is -0.105. The van der Waals surface area contributed by atoms with Crippen molar-refractivity contribution in [3.05, 3.63) is 0 Å². The number of nitrogens with two attached hydrogens (primary N) is 1. The van der Waals surface area contributed by atoms with Crippen molar-refractivity contribution in [2.45, 2.75) is 27.2 Å². The molecule has 0 unspecified atom stereocenters. The highest BCUT2D eigenvalue weighted by Crippen LogP contribution is 2.19. The van der Waals surface area contributed by atoms with Crippen molar-refractivity contribution in [2.24, 2.45) is 17.1 Å². The molecule has 0 aromatic heterocycles. The highest BCUT2D eigenvalue weighted by atomic mass is 16.1. The van der Waals surface area contributed by atoms with Gasteiger partial charge in [-0.25, -0.2) is 0 Å². The van der Waals surface area contributed by atoms with Crippen LogP contribution < -0.4 is 5.73 Å². The van der Waals surface area contributed by atoms with Crippen LogP contribution in [0.25, 0.3) is 0 Å². The fraction of sp³-hybridized carbons (Fsp3) is 0.818. The Morgan fingerprint density at radius 1 is 1.40 bits per heavy atom. The standard InChI is InChI=1S/C11H20N2O2/c1-11(2,3)9(14)7-13-5-4-8(6-13)10(12)15/h8H,4-7H2,1-3H3,(H2,12,15)/t8-/m1/s1. The summed E-state index contributed by atoms with van der Waals surface area (Å²) in [7, 11) is 0. The molecule has 1 amide bonds. The van der Waals surface area contributed by atoms with Gasteiger partial charge in [-0.15, -0.1) is 0 Å². The quantitative estimate of drug-likeness (QED) is 0.737. The van der Waals surface area contributed by atoms with Crippen molar-refractivity contribution in [1.82, 2.24) is 4.90 Å². The van der Waals surface area contributed by atoms with Gasteiger partial charge in [-0.05, 0) is 13.0 Å². The molecule has 0 aromatic carbocycles. The van der Waals surface area contributed by atoms with E-state index in [4.69, 9.17) is 5.73 Å². The molecule has 86 valence electrons. The van der Waals surface area contributed by atoms with E-state index in [2.05, 4.69) is 0 Å². The Labute approximate surface area is 90.8 Å². The molecule has 1 rings (SSSR count). The van der Waals surface area contributed by atoms with Crippen molar-refractivity contribution in [2.75, 3.05) is 19.6 Å². The minimum absolute atomic E-state index is 0.0715. The average Bonchev–Trinajstić information content (AvgIpc) is 2.50. The molecule has 0 radical (unpaired) electrons. The molecule has 0 saturated carbocycles. The Balaban J connectivity index is 2.43. The van der Waals surface area contributed by atoms with Crippen LogP contribution in [0, 0.1) is 11.3 Å². The van der Waals surface area contributed by atoms with Gasteiger partial charge < -0.3 is 5.73 Å². The lowest BCUT2D eigenvalue weighted by Crippen LogP contribution is -2.35.